The second-order valence-electron chi connectivity index (χ2n) is 6.86. The van der Waals surface area contributed by atoms with Crippen molar-refractivity contribution in [3.05, 3.63) is 29.8 Å². The average Bonchev–Trinajstić information content (AvgIpc) is 2.56. The van der Waals surface area contributed by atoms with E-state index >= 15 is 0 Å². The first-order chi connectivity index (χ1) is 12.0. The minimum atomic E-state index is -4.45. The molecule has 0 bridgehead atoms. The molecule has 4 nitrogen and oxygen atoms in total. The van der Waals surface area contributed by atoms with E-state index in [1.54, 1.807) is 12.1 Å². The van der Waals surface area contributed by atoms with Gasteiger partial charge in [0.15, 0.2) is 0 Å². The Morgan fingerprint density at radius 1 is 0.760 bits per heavy atom. The number of hydrogen-bond donors (Lipinski definition) is 2. The van der Waals surface area contributed by atoms with E-state index in [0.717, 1.165) is 12.8 Å². The molecule has 25 heavy (non-hydrogen) atoms. The minimum absolute atomic E-state index is 0.215. The van der Waals surface area contributed by atoms with Crippen LogP contribution in [0.1, 0.15) is 89.5 Å². The third-order valence-corrected chi connectivity index (χ3v) is 4.92. The zero-order valence-corrected chi connectivity index (χ0v) is 16.6. The summed E-state index contributed by atoms with van der Waals surface area (Å²) in [4.78, 5) is 17.5. The number of phosphoric acid groups is 1. The predicted molar refractivity (Wildman–Crippen MR) is 104 cm³/mol. The van der Waals surface area contributed by atoms with Crippen LogP contribution in [0, 0.1) is 0 Å². The van der Waals surface area contributed by atoms with Crippen molar-refractivity contribution in [2.75, 3.05) is 0 Å². The van der Waals surface area contributed by atoms with Crippen LogP contribution in [-0.4, -0.2) is 9.79 Å². The van der Waals surface area contributed by atoms with Gasteiger partial charge in [-0.1, -0.05) is 89.7 Å². The molecule has 1 aromatic rings. The van der Waals surface area contributed by atoms with Crippen LogP contribution in [0.5, 0.6) is 5.75 Å². The van der Waals surface area contributed by atoms with Crippen molar-refractivity contribution in [3.63, 3.8) is 0 Å². The summed E-state index contributed by atoms with van der Waals surface area (Å²) in [5.74, 6) is 0.215. The molecule has 0 aromatic heterocycles. The van der Waals surface area contributed by atoms with E-state index in [9.17, 15) is 4.57 Å². The summed E-state index contributed by atoms with van der Waals surface area (Å²) in [6.45, 7) is 2.26. The molecule has 5 heteroatoms. The first-order valence-electron chi connectivity index (χ1n) is 9.85. The second kappa shape index (κ2) is 13.4. The van der Waals surface area contributed by atoms with E-state index in [4.69, 9.17) is 9.79 Å². The van der Waals surface area contributed by atoms with E-state index in [0.29, 0.717) is 0 Å². The molecule has 0 amide bonds. The van der Waals surface area contributed by atoms with Crippen LogP contribution in [0.15, 0.2) is 24.3 Å². The van der Waals surface area contributed by atoms with Gasteiger partial charge in [-0.05, 0) is 30.5 Å². The van der Waals surface area contributed by atoms with Crippen LogP contribution in [0.2, 0.25) is 0 Å². The van der Waals surface area contributed by atoms with Gasteiger partial charge in [0.05, 0.1) is 0 Å². The van der Waals surface area contributed by atoms with Gasteiger partial charge in [-0.25, -0.2) is 4.57 Å². The maximum absolute atomic E-state index is 10.8. The Balaban J connectivity index is 1.97. The van der Waals surface area contributed by atoms with Gasteiger partial charge in [0.1, 0.15) is 5.75 Å². The Kier molecular flexibility index (Phi) is 11.9. The molecule has 0 atom stereocenters. The summed E-state index contributed by atoms with van der Waals surface area (Å²) in [5.41, 5.74) is 1.19. The highest BCUT2D eigenvalue weighted by Crippen LogP contribution is 2.37. The predicted octanol–water partition coefficient (Wildman–Crippen LogP) is 6.40. The van der Waals surface area contributed by atoms with E-state index in [1.807, 2.05) is 12.1 Å². The fourth-order valence-corrected chi connectivity index (χ4v) is 3.42. The summed E-state index contributed by atoms with van der Waals surface area (Å²) in [7, 11) is -4.45. The molecule has 1 rings (SSSR count). The zero-order chi connectivity index (χ0) is 18.4. The molecule has 0 saturated heterocycles. The van der Waals surface area contributed by atoms with Crippen molar-refractivity contribution in [3.8, 4) is 5.75 Å². The highest BCUT2D eigenvalue weighted by molar-refractivity contribution is 7.46. The van der Waals surface area contributed by atoms with Gasteiger partial charge in [-0.2, -0.15) is 0 Å². The number of hydrogen-bond acceptors (Lipinski definition) is 2. The number of aryl methyl sites for hydroxylation is 1. The summed E-state index contributed by atoms with van der Waals surface area (Å²) < 4.78 is 15.3. The van der Waals surface area contributed by atoms with Crippen LogP contribution in [0.4, 0.5) is 0 Å². The smallest absolute Gasteiger partial charge is 0.404 e. The van der Waals surface area contributed by atoms with Gasteiger partial charge in [0, 0.05) is 0 Å². The molecule has 144 valence electrons. The van der Waals surface area contributed by atoms with Crippen molar-refractivity contribution >= 4 is 7.82 Å². The highest BCUT2D eigenvalue weighted by atomic mass is 31.2. The normalized spacial score (nSPS) is 11.6. The molecule has 0 fully saturated rings. The fraction of sp³-hybridized carbons (Fsp3) is 0.700. The largest absolute Gasteiger partial charge is 0.524 e. The molecule has 0 radical (unpaired) electrons. The Morgan fingerprint density at radius 2 is 1.20 bits per heavy atom. The van der Waals surface area contributed by atoms with Crippen molar-refractivity contribution in [2.24, 2.45) is 0 Å². The Labute approximate surface area is 153 Å². The molecule has 0 aliphatic rings. The van der Waals surface area contributed by atoms with Crippen molar-refractivity contribution in [2.45, 2.75) is 90.4 Å². The molecule has 0 unspecified atom stereocenters. The summed E-state index contributed by atoms with van der Waals surface area (Å²) in [5, 5.41) is 0. The fourth-order valence-electron chi connectivity index (χ4n) is 3.02. The lowest BCUT2D eigenvalue weighted by atomic mass is 10.0. The lowest BCUT2D eigenvalue weighted by molar-refractivity contribution is 0.283. The van der Waals surface area contributed by atoms with Gasteiger partial charge in [0.2, 0.25) is 0 Å². The monoisotopic (exact) mass is 370 g/mol. The van der Waals surface area contributed by atoms with Crippen molar-refractivity contribution in [1.29, 1.82) is 0 Å². The molecular formula is C20H35O4P. The first kappa shape index (κ1) is 22.2. The van der Waals surface area contributed by atoms with Gasteiger partial charge in [-0.15, -0.1) is 0 Å². The highest BCUT2D eigenvalue weighted by Gasteiger charge is 2.15. The third-order valence-electron chi connectivity index (χ3n) is 4.47. The Morgan fingerprint density at radius 3 is 1.64 bits per heavy atom. The molecule has 0 heterocycles. The number of phosphoric ester groups is 1. The summed E-state index contributed by atoms with van der Waals surface area (Å²) >= 11 is 0. The van der Waals surface area contributed by atoms with Crippen LogP contribution < -0.4 is 4.52 Å². The van der Waals surface area contributed by atoms with Gasteiger partial charge >= 0.3 is 7.82 Å². The Bertz CT molecular complexity index is 481. The van der Waals surface area contributed by atoms with Crippen molar-refractivity contribution in [1.82, 2.24) is 0 Å². The summed E-state index contributed by atoms with van der Waals surface area (Å²) in [6, 6.07) is 7.00. The molecule has 0 saturated carbocycles. The second-order valence-corrected chi connectivity index (χ2v) is 8.03. The average molecular weight is 370 g/mol. The van der Waals surface area contributed by atoms with Crippen molar-refractivity contribution < 1.29 is 18.9 Å². The van der Waals surface area contributed by atoms with E-state index in [-0.39, 0.29) is 5.75 Å². The molecule has 1 aromatic carbocycles. The first-order valence-corrected chi connectivity index (χ1v) is 11.4. The lowest BCUT2D eigenvalue weighted by Crippen LogP contribution is -1.91. The van der Waals surface area contributed by atoms with Crippen LogP contribution in [0.3, 0.4) is 0 Å². The van der Waals surface area contributed by atoms with Gasteiger partial charge in [-0.3, -0.25) is 9.79 Å². The number of benzene rings is 1. The summed E-state index contributed by atoms with van der Waals surface area (Å²) in [6.07, 6.45) is 17.1. The van der Waals surface area contributed by atoms with E-state index < -0.39 is 7.82 Å². The maximum atomic E-state index is 10.8. The van der Waals surface area contributed by atoms with E-state index in [2.05, 4.69) is 11.4 Å². The van der Waals surface area contributed by atoms with Crippen LogP contribution in [-0.2, 0) is 11.0 Å². The van der Waals surface area contributed by atoms with Crippen LogP contribution in [0.25, 0.3) is 0 Å². The van der Waals surface area contributed by atoms with Gasteiger partial charge in [0.25, 0.3) is 0 Å². The molecule has 0 aliphatic heterocycles. The topological polar surface area (TPSA) is 66.8 Å². The Hall–Kier alpha value is -0.830. The van der Waals surface area contributed by atoms with Gasteiger partial charge < -0.3 is 4.52 Å². The lowest BCUT2D eigenvalue weighted by Gasteiger charge is -2.07. The zero-order valence-electron chi connectivity index (χ0n) is 15.7. The molecule has 2 N–H and O–H groups in total. The molecule has 0 spiro atoms. The quantitative estimate of drug-likeness (QED) is 0.277. The maximum Gasteiger partial charge on any atom is 0.524 e. The molecule has 0 aliphatic carbocycles. The minimum Gasteiger partial charge on any atom is -0.404 e. The third kappa shape index (κ3) is 13.1. The standard InChI is InChI=1S/C20H35O4P/c1-2-3-4-5-6-7-8-9-10-11-12-13-14-19-15-17-20(18-16-19)24-25(21,22)23/h15-18H,2-14H2,1H3,(H2,21,22,23). The molecular weight excluding hydrogens is 335 g/mol. The van der Waals surface area contributed by atoms with E-state index in [1.165, 1.54) is 76.2 Å². The van der Waals surface area contributed by atoms with Crippen LogP contribution >= 0.6 is 7.82 Å². The SMILES string of the molecule is CCCCCCCCCCCCCCc1ccc(OP(=O)(O)O)cc1. The number of rotatable bonds is 15. The number of unbranched alkanes of at least 4 members (excludes halogenated alkanes) is 11.